The van der Waals surface area contributed by atoms with Crippen molar-refractivity contribution in [3.63, 3.8) is 0 Å². The third kappa shape index (κ3) is 1.59. The summed E-state index contributed by atoms with van der Waals surface area (Å²) in [4.78, 5) is 2.30. The van der Waals surface area contributed by atoms with Crippen molar-refractivity contribution in [2.75, 3.05) is 13.1 Å². The lowest BCUT2D eigenvalue weighted by Gasteiger charge is -2.36. The minimum atomic E-state index is 0.362. The summed E-state index contributed by atoms with van der Waals surface area (Å²) in [5.74, 6) is 0.929. The molecule has 72 valence electrons. The van der Waals surface area contributed by atoms with E-state index in [9.17, 15) is 0 Å². The fraction of sp³-hybridized carbons (Fsp3) is 0.667. The minimum Gasteiger partial charge on any atom is -0.361 e. The van der Waals surface area contributed by atoms with Crippen LogP contribution >= 0.6 is 0 Å². The summed E-state index contributed by atoms with van der Waals surface area (Å²) in [5.41, 5.74) is 7.91. The van der Waals surface area contributed by atoms with Crippen LogP contribution in [0.1, 0.15) is 17.0 Å². The summed E-state index contributed by atoms with van der Waals surface area (Å²) in [6, 6.07) is 0.362. The zero-order chi connectivity index (χ0) is 9.42. The van der Waals surface area contributed by atoms with E-state index in [1.165, 1.54) is 5.56 Å². The SMILES string of the molecule is Cc1noc(C)c1CN1CC(N)C1. The zero-order valence-electron chi connectivity index (χ0n) is 8.08. The molecule has 2 N–H and O–H groups in total. The van der Waals surface area contributed by atoms with Gasteiger partial charge in [-0.15, -0.1) is 0 Å². The fourth-order valence-corrected chi connectivity index (χ4v) is 1.69. The molecule has 2 rings (SSSR count). The Morgan fingerprint density at radius 2 is 2.23 bits per heavy atom. The molecule has 0 radical (unpaired) electrons. The number of aromatic nitrogens is 1. The van der Waals surface area contributed by atoms with Gasteiger partial charge in [0, 0.05) is 31.2 Å². The molecule has 0 atom stereocenters. The predicted octanol–water partition coefficient (Wildman–Crippen LogP) is 0.434. The smallest absolute Gasteiger partial charge is 0.138 e. The van der Waals surface area contributed by atoms with Crippen molar-refractivity contribution < 1.29 is 4.52 Å². The topological polar surface area (TPSA) is 55.3 Å². The number of likely N-dealkylation sites (tertiary alicyclic amines) is 1. The molecule has 0 aliphatic carbocycles. The Morgan fingerprint density at radius 1 is 1.54 bits per heavy atom. The van der Waals surface area contributed by atoms with Crippen molar-refractivity contribution in [3.8, 4) is 0 Å². The van der Waals surface area contributed by atoms with Gasteiger partial charge in [0.2, 0.25) is 0 Å². The molecule has 1 aliphatic heterocycles. The van der Waals surface area contributed by atoms with E-state index >= 15 is 0 Å². The summed E-state index contributed by atoms with van der Waals surface area (Å²) in [6.45, 7) is 6.84. The second kappa shape index (κ2) is 3.12. The lowest BCUT2D eigenvalue weighted by molar-refractivity contribution is 0.141. The van der Waals surface area contributed by atoms with Crippen LogP contribution in [0.2, 0.25) is 0 Å². The molecule has 13 heavy (non-hydrogen) atoms. The van der Waals surface area contributed by atoms with Crippen molar-refractivity contribution in [3.05, 3.63) is 17.0 Å². The lowest BCUT2D eigenvalue weighted by atomic mass is 10.1. The predicted molar refractivity (Wildman–Crippen MR) is 49.2 cm³/mol. The van der Waals surface area contributed by atoms with Gasteiger partial charge in [0.15, 0.2) is 0 Å². The van der Waals surface area contributed by atoms with E-state index in [1.54, 1.807) is 0 Å². The number of hydrogen-bond donors (Lipinski definition) is 1. The quantitative estimate of drug-likeness (QED) is 0.719. The first-order chi connectivity index (χ1) is 6.16. The van der Waals surface area contributed by atoms with E-state index in [0.717, 1.165) is 31.1 Å². The molecule has 4 nitrogen and oxygen atoms in total. The lowest BCUT2D eigenvalue weighted by Crippen LogP contribution is -2.54. The van der Waals surface area contributed by atoms with Gasteiger partial charge in [0.1, 0.15) is 5.76 Å². The van der Waals surface area contributed by atoms with E-state index in [1.807, 2.05) is 13.8 Å². The molecule has 1 aromatic rings. The normalized spacial score (nSPS) is 19.0. The average Bonchev–Trinajstić information content (AvgIpc) is 2.32. The molecule has 1 aliphatic rings. The summed E-state index contributed by atoms with van der Waals surface area (Å²) in [6.07, 6.45) is 0. The van der Waals surface area contributed by atoms with Crippen LogP contribution in [0.15, 0.2) is 4.52 Å². The number of rotatable bonds is 2. The van der Waals surface area contributed by atoms with Crippen LogP contribution in [-0.4, -0.2) is 29.2 Å². The Kier molecular flexibility index (Phi) is 2.09. The highest BCUT2D eigenvalue weighted by Crippen LogP contribution is 2.17. The Labute approximate surface area is 77.7 Å². The van der Waals surface area contributed by atoms with Crippen molar-refractivity contribution in [1.82, 2.24) is 10.1 Å². The Balaban J connectivity index is 2.01. The Morgan fingerprint density at radius 3 is 2.69 bits per heavy atom. The Hall–Kier alpha value is -0.870. The second-order valence-electron chi connectivity index (χ2n) is 3.76. The van der Waals surface area contributed by atoms with E-state index in [2.05, 4.69) is 10.1 Å². The summed E-state index contributed by atoms with van der Waals surface area (Å²) < 4.78 is 5.08. The zero-order valence-corrected chi connectivity index (χ0v) is 8.08. The van der Waals surface area contributed by atoms with Crippen molar-refractivity contribution in [1.29, 1.82) is 0 Å². The standard InChI is InChI=1S/C9H15N3O/c1-6-9(7(2)13-11-6)5-12-3-8(10)4-12/h8H,3-5,10H2,1-2H3. The van der Waals surface area contributed by atoms with Crippen molar-refractivity contribution >= 4 is 0 Å². The van der Waals surface area contributed by atoms with Gasteiger partial charge in [0.05, 0.1) is 5.69 Å². The molecule has 0 spiro atoms. The molecular weight excluding hydrogens is 166 g/mol. The molecule has 0 saturated carbocycles. The highest BCUT2D eigenvalue weighted by molar-refractivity contribution is 5.20. The van der Waals surface area contributed by atoms with E-state index in [0.29, 0.717) is 6.04 Å². The molecule has 4 heteroatoms. The summed E-state index contributed by atoms with van der Waals surface area (Å²) in [7, 11) is 0. The molecule has 1 saturated heterocycles. The van der Waals surface area contributed by atoms with Crippen molar-refractivity contribution in [2.24, 2.45) is 5.73 Å². The molecule has 1 fully saturated rings. The van der Waals surface area contributed by atoms with Gasteiger partial charge in [-0.05, 0) is 13.8 Å². The number of hydrogen-bond acceptors (Lipinski definition) is 4. The molecule has 0 unspecified atom stereocenters. The van der Waals surface area contributed by atoms with Gasteiger partial charge >= 0.3 is 0 Å². The van der Waals surface area contributed by atoms with E-state index in [4.69, 9.17) is 10.3 Å². The van der Waals surface area contributed by atoms with Crippen LogP contribution in [0.3, 0.4) is 0 Å². The highest BCUT2D eigenvalue weighted by atomic mass is 16.5. The van der Waals surface area contributed by atoms with Gasteiger partial charge in [-0.3, -0.25) is 4.90 Å². The molecule has 1 aromatic heterocycles. The first-order valence-electron chi connectivity index (χ1n) is 4.56. The number of aryl methyl sites for hydroxylation is 2. The van der Waals surface area contributed by atoms with E-state index < -0.39 is 0 Å². The van der Waals surface area contributed by atoms with E-state index in [-0.39, 0.29) is 0 Å². The molecule has 2 heterocycles. The summed E-state index contributed by atoms with van der Waals surface area (Å²) in [5, 5.41) is 3.91. The molecule has 0 bridgehead atoms. The van der Waals surface area contributed by atoms with Gasteiger partial charge in [-0.1, -0.05) is 5.16 Å². The van der Waals surface area contributed by atoms with Gasteiger partial charge < -0.3 is 10.3 Å². The van der Waals surface area contributed by atoms with Gasteiger partial charge in [0.25, 0.3) is 0 Å². The first kappa shape index (κ1) is 8.72. The largest absolute Gasteiger partial charge is 0.361 e. The third-order valence-electron chi connectivity index (χ3n) is 2.55. The van der Waals surface area contributed by atoms with Gasteiger partial charge in [-0.25, -0.2) is 0 Å². The molecule has 0 amide bonds. The van der Waals surface area contributed by atoms with Crippen LogP contribution in [-0.2, 0) is 6.54 Å². The van der Waals surface area contributed by atoms with Gasteiger partial charge in [-0.2, -0.15) is 0 Å². The summed E-state index contributed by atoms with van der Waals surface area (Å²) >= 11 is 0. The maximum atomic E-state index is 5.69. The molecular formula is C9H15N3O. The highest BCUT2D eigenvalue weighted by Gasteiger charge is 2.24. The van der Waals surface area contributed by atoms with Crippen LogP contribution < -0.4 is 5.73 Å². The minimum absolute atomic E-state index is 0.362. The number of nitrogens with two attached hydrogens (primary N) is 1. The third-order valence-corrected chi connectivity index (χ3v) is 2.55. The van der Waals surface area contributed by atoms with Crippen LogP contribution in [0.25, 0.3) is 0 Å². The van der Waals surface area contributed by atoms with Crippen molar-refractivity contribution in [2.45, 2.75) is 26.4 Å². The van der Waals surface area contributed by atoms with Crippen LogP contribution in [0.4, 0.5) is 0 Å². The monoisotopic (exact) mass is 181 g/mol. The van der Waals surface area contributed by atoms with Crippen LogP contribution in [0.5, 0.6) is 0 Å². The molecule has 0 aromatic carbocycles. The fourth-order valence-electron chi connectivity index (χ4n) is 1.69. The maximum Gasteiger partial charge on any atom is 0.138 e. The average molecular weight is 181 g/mol. The maximum absolute atomic E-state index is 5.69. The first-order valence-corrected chi connectivity index (χ1v) is 4.56. The van der Waals surface area contributed by atoms with Crippen LogP contribution in [0, 0.1) is 13.8 Å². The second-order valence-corrected chi connectivity index (χ2v) is 3.76. The number of nitrogens with zero attached hydrogens (tertiary/aromatic N) is 2. The Bertz CT molecular complexity index is 282.